The Kier molecular flexibility index (Phi) is 8.24. The van der Waals surface area contributed by atoms with E-state index < -0.39 is 0 Å². The molecule has 2 N–H and O–H groups in total. The summed E-state index contributed by atoms with van der Waals surface area (Å²) in [5.74, 6) is 1.19. The Hall–Kier alpha value is -4.79. The van der Waals surface area contributed by atoms with Crippen LogP contribution in [0.5, 0.6) is 11.5 Å². The Morgan fingerprint density at radius 1 is 0.976 bits per heavy atom. The molecule has 1 atom stereocenters. The van der Waals surface area contributed by atoms with Crippen LogP contribution >= 0.6 is 0 Å². The van der Waals surface area contributed by atoms with Gasteiger partial charge in [0.05, 0.1) is 20.3 Å². The van der Waals surface area contributed by atoms with Crippen LogP contribution in [-0.2, 0) is 9.59 Å². The van der Waals surface area contributed by atoms with Crippen LogP contribution in [0.25, 0.3) is 28.2 Å². The number of H-pyrrole nitrogens is 1. The Morgan fingerprint density at radius 3 is 2.39 bits per heavy atom. The minimum absolute atomic E-state index is 0.131. The van der Waals surface area contributed by atoms with Crippen LogP contribution in [0.4, 0.5) is 5.69 Å². The number of nitrogens with one attached hydrogen (secondary N) is 2. The minimum Gasteiger partial charge on any atom is -0.493 e. The number of rotatable bonds is 8. The summed E-state index contributed by atoms with van der Waals surface area (Å²) in [5.41, 5.74) is 5.74. The Bertz CT molecular complexity index is 1570. The number of anilines is 1. The molecule has 5 rings (SSSR count). The van der Waals surface area contributed by atoms with Gasteiger partial charge in [0, 0.05) is 73.8 Å². The molecule has 2 aromatic carbocycles. The molecule has 2 aromatic heterocycles. The first-order valence-corrected chi connectivity index (χ1v) is 13.6. The zero-order valence-electron chi connectivity index (χ0n) is 23.8. The van der Waals surface area contributed by atoms with Crippen LogP contribution < -0.4 is 19.7 Å². The predicted octanol–water partition coefficient (Wildman–Crippen LogP) is 4.81. The lowest BCUT2D eigenvalue weighted by molar-refractivity contribution is -0.129. The summed E-state index contributed by atoms with van der Waals surface area (Å²) in [7, 11) is 3.18. The average Bonchev–Trinajstić information content (AvgIpc) is 3.42. The normalized spacial score (nSPS) is 14.3. The molecule has 4 aromatic rings. The maximum atomic E-state index is 12.7. The number of benzene rings is 2. The van der Waals surface area contributed by atoms with Crippen molar-refractivity contribution in [3.05, 3.63) is 78.1 Å². The Balaban J connectivity index is 1.26. The number of aromatic nitrogens is 2. The van der Waals surface area contributed by atoms with Gasteiger partial charge in [0.1, 0.15) is 5.65 Å². The van der Waals surface area contributed by atoms with Crippen LogP contribution in [0.2, 0.25) is 0 Å². The van der Waals surface area contributed by atoms with E-state index in [9.17, 15) is 9.59 Å². The minimum atomic E-state index is -0.218. The van der Waals surface area contributed by atoms with Gasteiger partial charge in [-0.05, 0) is 54.5 Å². The van der Waals surface area contributed by atoms with Gasteiger partial charge < -0.3 is 29.6 Å². The van der Waals surface area contributed by atoms with Crippen molar-refractivity contribution < 1.29 is 19.1 Å². The van der Waals surface area contributed by atoms with Crippen molar-refractivity contribution in [1.29, 1.82) is 0 Å². The highest BCUT2D eigenvalue weighted by Gasteiger charge is 2.19. The third-order valence-corrected chi connectivity index (χ3v) is 7.53. The van der Waals surface area contributed by atoms with Gasteiger partial charge in [-0.1, -0.05) is 18.2 Å². The van der Waals surface area contributed by atoms with Gasteiger partial charge in [-0.25, -0.2) is 4.98 Å². The maximum Gasteiger partial charge on any atom is 0.244 e. The molecule has 0 bridgehead atoms. The summed E-state index contributed by atoms with van der Waals surface area (Å²) in [4.78, 5) is 36.3. The van der Waals surface area contributed by atoms with Crippen molar-refractivity contribution >= 4 is 34.6 Å². The van der Waals surface area contributed by atoms with E-state index >= 15 is 0 Å². The van der Waals surface area contributed by atoms with Crippen LogP contribution in [-0.4, -0.2) is 67.1 Å². The number of aromatic amines is 1. The molecule has 1 aliphatic heterocycles. The first-order chi connectivity index (χ1) is 19.9. The number of hydrogen-bond donors (Lipinski definition) is 2. The molecular formula is C32H35N5O4. The van der Waals surface area contributed by atoms with E-state index in [-0.39, 0.29) is 17.9 Å². The number of piperazine rings is 1. The molecule has 9 heteroatoms. The van der Waals surface area contributed by atoms with Gasteiger partial charge >= 0.3 is 0 Å². The highest BCUT2D eigenvalue weighted by atomic mass is 16.5. The van der Waals surface area contributed by atoms with E-state index in [1.54, 1.807) is 27.2 Å². The lowest BCUT2D eigenvalue weighted by Gasteiger charge is -2.35. The van der Waals surface area contributed by atoms with Gasteiger partial charge in [0.2, 0.25) is 11.8 Å². The van der Waals surface area contributed by atoms with Crippen molar-refractivity contribution in [3.8, 4) is 22.6 Å². The van der Waals surface area contributed by atoms with Crippen molar-refractivity contribution in [2.24, 2.45) is 0 Å². The molecule has 0 saturated carbocycles. The fourth-order valence-corrected chi connectivity index (χ4v) is 5.10. The number of hydrogen-bond acceptors (Lipinski definition) is 6. The second-order valence-corrected chi connectivity index (χ2v) is 10.1. The van der Waals surface area contributed by atoms with E-state index in [0.29, 0.717) is 11.5 Å². The third-order valence-electron chi connectivity index (χ3n) is 7.53. The van der Waals surface area contributed by atoms with Crippen LogP contribution in [0.15, 0.2) is 67.0 Å². The summed E-state index contributed by atoms with van der Waals surface area (Å²) >= 11 is 0. The molecule has 0 aliphatic carbocycles. The smallest absolute Gasteiger partial charge is 0.244 e. The number of nitrogens with zero attached hydrogens (tertiary/aromatic N) is 3. The van der Waals surface area contributed by atoms with Crippen molar-refractivity contribution in [3.63, 3.8) is 0 Å². The molecule has 1 fully saturated rings. The van der Waals surface area contributed by atoms with Crippen molar-refractivity contribution in [2.45, 2.75) is 19.9 Å². The monoisotopic (exact) mass is 553 g/mol. The van der Waals surface area contributed by atoms with Gasteiger partial charge in [0.15, 0.2) is 11.5 Å². The van der Waals surface area contributed by atoms with Gasteiger partial charge in [-0.2, -0.15) is 0 Å². The molecule has 0 spiro atoms. The second-order valence-electron chi connectivity index (χ2n) is 10.1. The molecular weight excluding hydrogens is 518 g/mol. The highest BCUT2D eigenvalue weighted by molar-refractivity contribution is 5.96. The average molecular weight is 554 g/mol. The molecule has 212 valence electrons. The first kappa shape index (κ1) is 27.8. The Labute approximate surface area is 239 Å². The van der Waals surface area contributed by atoms with E-state index in [4.69, 9.17) is 9.47 Å². The molecule has 0 radical (unpaired) electrons. The number of methoxy groups -OCH3 is 2. The molecule has 41 heavy (non-hydrogen) atoms. The van der Waals surface area contributed by atoms with E-state index in [1.165, 1.54) is 6.08 Å². The molecule has 3 heterocycles. The van der Waals surface area contributed by atoms with Crippen LogP contribution in [0, 0.1) is 0 Å². The van der Waals surface area contributed by atoms with Crippen LogP contribution in [0.1, 0.15) is 31.0 Å². The predicted molar refractivity (Wildman–Crippen MR) is 161 cm³/mol. The summed E-state index contributed by atoms with van der Waals surface area (Å²) in [6.07, 6.45) is 7.04. The zero-order valence-corrected chi connectivity index (χ0v) is 23.8. The number of carbonyl (C=O) groups is 2. The van der Waals surface area contributed by atoms with Crippen molar-refractivity contribution in [2.75, 3.05) is 45.3 Å². The standard InChI is InChI=1S/C32H35N5O4/c1-21(24-7-11-29(40-3)30(18-24)41-4)35-31(39)12-8-25-19-33-32-28(25)17-26(20-34-32)23-5-9-27(10-6-23)37-15-13-36(14-16-37)22(2)38/h5-12,17-21H,13-16H2,1-4H3,(H,33,34)(H,35,39)/b12-8+/t21-/m1/s1. The van der Waals surface area contributed by atoms with Crippen molar-refractivity contribution in [1.82, 2.24) is 20.2 Å². The number of pyridine rings is 1. The summed E-state index contributed by atoms with van der Waals surface area (Å²) in [6.45, 7) is 6.69. The number of fused-ring (bicyclic) bond motifs is 1. The zero-order chi connectivity index (χ0) is 28.9. The largest absolute Gasteiger partial charge is 0.493 e. The fraction of sp³-hybridized carbons (Fsp3) is 0.281. The van der Waals surface area contributed by atoms with E-state index in [1.807, 2.05) is 42.4 Å². The lowest BCUT2D eigenvalue weighted by Crippen LogP contribution is -2.48. The van der Waals surface area contributed by atoms with Crippen LogP contribution in [0.3, 0.4) is 0 Å². The third kappa shape index (κ3) is 6.19. The number of carbonyl (C=O) groups excluding carboxylic acids is 2. The molecule has 1 aliphatic rings. The number of ether oxygens (including phenoxy) is 2. The topological polar surface area (TPSA) is 99.8 Å². The Morgan fingerprint density at radius 2 is 1.71 bits per heavy atom. The van der Waals surface area contributed by atoms with Gasteiger partial charge in [-0.3, -0.25) is 9.59 Å². The molecule has 9 nitrogen and oxygen atoms in total. The first-order valence-electron chi connectivity index (χ1n) is 13.6. The van der Waals surface area contributed by atoms with Gasteiger partial charge in [0.25, 0.3) is 0 Å². The molecule has 1 saturated heterocycles. The summed E-state index contributed by atoms with van der Waals surface area (Å²) in [5, 5.41) is 3.94. The number of amides is 2. The molecule has 0 unspecified atom stereocenters. The summed E-state index contributed by atoms with van der Waals surface area (Å²) in [6, 6.07) is 15.9. The summed E-state index contributed by atoms with van der Waals surface area (Å²) < 4.78 is 10.7. The molecule has 2 amide bonds. The highest BCUT2D eigenvalue weighted by Crippen LogP contribution is 2.30. The van der Waals surface area contributed by atoms with Gasteiger partial charge in [-0.15, -0.1) is 0 Å². The maximum absolute atomic E-state index is 12.7. The van der Waals surface area contributed by atoms with E-state index in [0.717, 1.165) is 65.2 Å². The van der Waals surface area contributed by atoms with E-state index in [2.05, 4.69) is 50.5 Å². The second kappa shape index (κ2) is 12.2. The fourth-order valence-electron chi connectivity index (χ4n) is 5.10. The SMILES string of the molecule is COc1ccc([C@@H](C)NC(=O)/C=C/c2c[nH]c3ncc(-c4ccc(N5CCN(C(C)=O)CC5)cc4)cc23)cc1OC. The lowest BCUT2D eigenvalue weighted by atomic mass is 10.0. The quantitative estimate of drug-likeness (QED) is 0.304.